The van der Waals surface area contributed by atoms with Gasteiger partial charge in [-0.3, -0.25) is 5.32 Å². The first-order chi connectivity index (χ1) is 16.7. The van der Waals surface area contributed by atoms with Crippen LogP contribution in [0.2, 0.25) is 0 Å². The standard InChI is InChI=1S/C26H31N5O3/c1-4-31-12-10-20-21(15-27)25(28-11-9-18-7-8-23(32-2)24(14-18)33-3)30-26(22(20)17-31)29-16-19-6-5-13-34-19/h5-8,13-14H,4,9-12,16-17H2,1-3H3,(H2,28,29,30)/p+2. The van der Waals surface area contributed by atoms with Gasteiger partial charge in [0.2, 0.25) is 11.6 Å². The highest BCUT2D eigenvalue weighted by Gasteiger charge is 2.30. The number of likely N-dealkylation sites (N-methyl/N-ethyl adjacent to an activating group) is 1. The molecule has 0 radical (unpaired) electrons. The number of pyridine rings is 1. The Morgan fingerprint density at radius 2 is 1.97 bits per heavy atom. The first-order valence-electron chi connectivity index (χ1n) is 11.7. The number of hydrogen-bond donors (Lipinski definition) is 3. The van der Waals surface area contributed by atoms with Gasteiger partial charge in [0, 0.05) is 12.8 Å². The second-order valence-electron chi connectivity index (χ2n) is 8.40. The molecule has 4 rings (SSSR count). The fourth-order valence-electron chi connectivity index (χ4n) is 4.49. The van der Waals surface area contributed by atoms with Gasteiger partial charge in [0.15, 0.2) is 11.5 Å². The van der Waals surface area contributed by atoms with E-state index in [0.29, 0.717) is 30.2 Å². The minimum absolute atomic E-state index is 0.578. The summed E-state index contributed by atoms with van der Waals surface area (Å²) in [6, 6.07) is 12.2. The van der Waals surface area contributed by atoms with Crippen LogP contribution < -0.4 is 30.0 Å². The van der Waals surface area contributed by atoms with Crippen molar-refractivity contribution in [1.82, 2.24) is 0 Å². The third-order valence-electron chi connectivity index (χ3n) is 6.42. The fraction of sp³-hybridized carbons (Fsp3) is 0.385. The van der Waals surface area contributed by atoms with Crippen molar-refractivity contribution in [2.75, 3.05) is 44.5 Å². The molecule has 8 heteroatoms. The molecule has 0 bridgehead atoms. The van der Waals surface area contributed by atoms with Crippen LogP contribution in [-0.4, -0.2) is 33.9 Å². The lowest BCUT2D eigenvalue weighted by Gasteiger charge is -2.26. The second kappa shape index (κ2) is 10.9. The molecule has 178 valence electrons. The molecule has 1 unspecified atom stereocenters. The van der Waals surface area contributed by atoms with Crippen LogP contribution in [0.4, 0.5) is 11.6 Å². The van der Waals surface area contributed by atoms with Crippen molar-refractivity contribution in [3.8, 4) is 17.6 Å². The number of benzene rings is 1. The molecule has 2 aromatic heterocycles. The van der Waals surface area contributed by atoms with Gasteiger partial charge in [-0.15, -0.1) is 0 Å². The summed E-state index contributed by atoms with van der Waals surface area (Å²) < 4.78 is 16.2. The van der Waals surface area contributed by atoms with Crippen LogP contribution in [-0.2, 0) is 25.9 Å². The van der Waals surface area contributed by atoms with Crippen molar-refractivity contribution in [1.29, 1.82) is 5.26 Å². The summed E-state index contributed by atoms with van der Waals surface area (Å²) in [6.45, 7) is 6.44. The highest BCUT2D eigenvalue weighted by molar-refractivity contribution is 5.60. The molecule has 0 fully saturated rings. The predicted octanol–water partition coefficient (Wildman–Crippen LogP) is 2.21. The molecule has 8 nitrogen and oxygen atoms in total. The van der Waals surface area contributed by atoms with Crippen molar-refractivity contribution in [2.45, 2.75) is 32.9 Å². The van der Waals surface area contributed by atoms with E-state index in [1.54, 1.807) is 20.5 Å². The number of fused-ring (bicyclic) bond motifs is 1. The number of methoxy groups -OCH3 is 2. The van der Waals surface area contributed by atoms with E-state index in [2.05, 4.69) is 28.6 Å². The van der Waals surface area contributed by atoms with Gasteiger partial charge in [0.25, 0.3) is 0 Å². The Kier molecular flexibility index (Phi) is 7.55. The molecule has 0 saturated carbocycles. The van der Waals surface area contributed by atoms with Crippen molar-refractivity contribution < 1.29 is 23.8 Å². The monoisotopic (exact) mass is 463 g/mol. The van der Waals surface area contributed by atoms with Crippen LogP contribution in [0.5, 0.6) is 11.5 Å². The maximum absolute atomic E-state index is 10.0. The maximum atomic E-state index is 10.0. The minimum Gasteiger partial charge on any atom is -0.493 e. The van der Waals surface area contributed by atoms with Gasteiger partial charge in [-0.1, -0.05) is 6.07 Å². The molecular formula is C26H33N5O3+2. The molecule has 1 aromatic carbocycles. The van der Waals surface area contributed by atoms with Gasteiger partial charge in [0.05, 0.1) is 45.7 Å². The van der Waals surface area contributed by atoms with Crippen LogP contribution in [0, 0.1) is 11.3 Å². The number of hydrogen-bond acceptors (Lipinski definition) is 6. The third-order valence-corrected chi connectivity index (χ3v) is 6.42. The maximum Gasteiger partial charge on any atom is 0.237 e. The number of anilines is 2. The van der Waals surface area contributed by atoms with Crippen molar-refractivity contribution in [3.63, 3.8) is 0 Å². The molecule has 0 spiro atoms. The van der Waals surface area contributed by atoms with Crippen LogP contribution >= 0.6 is 0 Å². The Morgan fingerprint density at radius 1 is 1.12 bits per heavy atom. The van der Waals surface area contributed by atoms with E-state index in [0.717, 1.165) is 61.0 Å². The quantitative estimate of drug-likeness (QED) is 0.427. The van der Waals surface area contributed by atoms with E-state index in [9.17, 15) is 5.26 Å². The molecule has 0 amide bonds. The van der Waals surface area contributed by atoms with Gasteiger partial charge < -0.3 is 24.1 Å². The topological polar surface area (TPSA) is 98.0 Å². The highest BCUT2D eigenvalue weighted by atomic mass is 16.5. The van der Waals surface area contributed by atoms with Crippen molar-refractivity contribution in [2.24, 2.45) is 0 Å². The fourth-order valence-corrected chi connectivity index (χ4v) is 4.49. The molecule has 4 N–H and O–H groups in total. The van der Waals surface area contributed by atoms with E-state index in [1.807, 2.05) is 30.3 Å². The summed E-state index contributed by atoms with van der Waals surface area (Å²) >= 11 is 0. The molecule has 1 atom stereocenters. The lowest BCUT2D eigenvalue weighted by molar-refractivity contribution is -0.914. The number of nitrogens with one attached hydrogen (secondary N) is 4. The van der Waals surface area contributed by atoms with Gasteiger partial charge in [0.1, 0.15) is 30.5 Å². The Morgan fingerprint density at radius 3 is 2.68 bits per heavy atom. The van der Waals surface area contributed by atoms with Crippen LogP contribution in [0.3, 0.4) is 0 Å². The summed E-state index contributed by atoms with van der Waals surface area (Å²) in [4.78, 5) is 5.00. The Balaban J connectivity index is 1.56. The number of nitriles is 1. The van der Waals surface area contributed by atoms with Gasteiger partial charge in [-0.05, 0) is 42.3 Å². The number of rotatable bonds is 10. The first-order valence-corrected chi connectivity index (χ1v) is 11.7. The number of quaternary nitrogens is 1. The zero-order chi connectivity index (χ0) is 23.9. The Hall–Kier alpha value is -3.70. The third kappa shape index (κ3) is 5.10. The average Bonchev–Trinajstić information content (AvgIpc) is 3.40. The average molecular weight is 464 g/mol. The zero-order valence-electron chi connectivity index (χ0n) is 20.1. The summed E-state index contributed by atoms with van der Waals surface area (Å²) in [5.41, 5.74) is 4.16. The van der Waals surface area contributed by atoms with Crippen LogP contribution in [0.25, 0.3) is 0 Å². The normalized spacial score (nSPS) is 14.7. The summed E-state index contributed by atoms with van der Waals surface area (Å²) in [5.74, 6) is 3.99. The SMILES string of the molecule is CC[NH+]1CCc2c(C#N)c(NCCc3ccc(OC)c(OC)c3)[nH+]c(NCc3ccco3)c2C1. The smallest absolute Gasteiger partial charge is 0.237 e. The molecule has 34 heavy (non-hydrogen) atoms. The Labute approximate surface area is 200 Å². The second-order valence-corrected chi connectivity index (χ2v) is 8.40. The lowest BCUT2D eigenvalue weighted by Crippen LogP contribution is -3.11. The highest BCUT2D eigenvalue weighted by Crippen LogP contribution is 2.28. The number of aromatic nitrogens is 1. The van der Waals surface area contributed by atoms with Gasteiger partial charge >= 0.3 is 0 Å². The number of aromatic amines is 1. The molecule has 0 aliphatic carbocycles. The van der Waals surface area contributed by atoms with Crippen LogP contribution in [0.1, 0.15) is 34.9 Å². The Bertz CT molecular complexity index is 1150. The van der Waals surface area contributed by atoms with Crippen LogP contribution in [0.15, 0.2) is 41.0 Å². The van der Waals surface area contributed by atoms with E-state index < -0.39 is 0 Å². The van der Waals surface area contributed by atoms with E-state index in [1.165, 1.54) is 10.5 Å². The van der Waals surface area contributed by atoms with Gasteiger partial charge in [-0.2, -0.15) is 5.26 Å². The summed E-state index contributed by atoms with van der Waals surface area (Å²) in [6.07, 6.45) is 3.34. The predicted molar refractivity (Wildman–Crippen MR) is 129 cm³/mol. The van der Waals surface area contributed by atoms with Crippen molar-refractivity contribution in [3.05, 3.63) is 64.6 Å². The van der Waals surface area contributed by atoms with E-state index in [-0.39, 0.29) is 0 Å². The summed E-state index contributed by atoms with van der Waals surface area (Å²) in [7, 11) is 3.27. The van der Waals surface area contributed by atoms with Crippen molar-refractivity contribution >= 4 is 11.6 Å². The first kappa shape index (κ1) is 23.5. The molecule has 1 aliphatic rings. The number of furan rings is 1. The lowest BCUT2D eigenvalue weighted by atomic mass is 9.95. The number of H-pyrrole nitrogens is 1. The molecule has 3 aromatic rings. The zero-order valence-corrected chi connectivity index (χ0v) is 20.1. The summed E-state index contributed by atoms with van der Waals surface area (Å²) in [5, 5.41) is 17.0. The van der Waals surface area contributed by atoms with E-state index >= 15 is 0 Å². The largest absolute Gasteiger partial charge is 0.493 e. The molecule has 3 heterocycles. The van der Waals surface area contributed by atoms with Gasteiger partial charge in [-0.25, -0.2) is 4.98 Å². The minimum atomic E-state index is 0.578. The molecule has 1 aliphatic heterocycles. The van der Waals surface area contributed by atoms with E-state index in [4.69, 9.17) is 13.9 Å². The number of nitrogens with zero attached hydrogens (tertiary/aromatic N) is 1. The number of ether oxygens (including phenoxy) is 2. The molecular weight excluding hydrogens is 430 g/mol. The molecule has 0 saturated heterocycles.